The monoisotopic (exact) mass is 367 g/mol. The molecule has 0 aliphatic carbocycles. The van der Waals surface area contributed by atoms with E-state index in [1.807, 2.05) is 29.2 Å². The average molecular weight is 367 g/mol. The number of benzene rings is 1. The maximum absolute atomic E-state index is 12.9. The number of nitrogens with zero attached hydrogens (tertiary/aromatic N) is 4. The van der Waals surface area contributed by atoms with E-state index in [-0.39, 0.29) is 5.91 Å². The number of amides is 1. The molecule has 1 aliphatic rings. The molecule has 2 aromatic rings. The zero-order valence-corrected chi connectivity index (χ0v) is 15.8. The van der Waals surface area contributed by atoms with Gasteiger partial charge in [0, 0.05) is 38.8 Å². The number of hydrogen-bond donors (Lipinski definition) is 1. The fourth-order valence-corrected chi connectivity index (χ4v) is 3.15. The second kappa shape index (κ2) is 8.53. The first-order chi connectivity index (χ1) is 13.1. The Hall–Kier alpha value is -3.09. The van der Waals surface area contributed by atoms with Gasteiger partial charge in [0.15, 0.2) is 0 Å². The van der Waals surface area contributed by atoms with Crippen molar-refractivity contribution in [2.24, 2.45) is 0 Å². The van der Waals surface area contributed by atoms with Gasteiger partial charge in [-0.15, -0.1) is 6.58 Å². The number of aromatic nitrogens is 2. The highest BCUT2D eigenvalue weighted by Gasteiger charge is 2.25. The second-order valence-electron chi connectivity index (χ2n) is 6.31. The van der Waals surface area contributed by atoms with Crippen molar-refractivity contribution in [2.75, 3.05) is 50.1 Å². The van der Waals surface area contributed by atoms with Crippen LogP contribution in [0, 0.1) is 6.92 Å². The molecule has 0 radical (unpaired) electrons. The van der Waals surface area contributed by atoms with Gasteiger partial charge >= 0.3 is 0 Å². The predicted octanol–water partition coefficient (Wildman–Crippen LogP) is 2.35. The molecule has 1 aromatic heterocycles. The zero-order valence-electron chi connectivity index (χ0n) is 15.8. The van der Waals surface area contributed by atoms with Crippen LogP contribution in [0.5, 0.6) is 5.75 Å². The molecule has 1 amide bonds. The Kier molecular flexibility index (Phi) is 5.90. The van der Waals surface area contributed by atoms with Gasteiger partial charge in [-0.25, -0.2) is 9.97 Å². The normalized spacial score (nSPS) is 14.0. The summed E-state index contributed by atoms with van der Waals surface area (Å²) < 4.78 is 5.45. The Bertz CT molecular complexity index is 816. The summed E-state index contributed by atoms with van der Waals surface area (Å²) in [4.78, 5) is 25.6. The molecular formula is C20H25N5O2. The van der Waals surface area contributed by atoms with Crippen LogP contribution in [0.25, 0.3) is 0 Å². The van der Waals surface area contributed by atoms with Gasteiger partial charge in [0.25, 0.3) is 5.91 Å². The SMILES string of the molecule is C=CCNc1cc(C(=O)N2CCN(c3ccccc3OC)CC2)nc(C)n1. The number of ether oxygens (including phenoxy) is 1. The number of nitrogens with one attached hydrogen (secondary N) is 1. The number of hydrogen-bond acceptors (Lipinski definition) is 6. The van der Waals surface area contributed by atoms with Crippen molar-refractivity contribution in [1.29, 1.82) is 0 Å². The van der Waals surface area contributed by atoms with Crippen molar-refractivity contribution in [3.8, 4) is 5.75 Å². The average Bonchev–Trinajstić information content (AvgIpc) is 2.71. The summed E-state index contributed by atoms with van der Waals surface area (Å²) in [6.07, 6.45) is 1.75. The van der Waals surface area contributed by atoms with Crippen LogP contribution >= 0.6 is 0 Å². The summed E-state index contributed by atoms with van der Waals surface area (Å²) in [7, 11) is 1.67. The Labute approximate surface area is 159 Å². The highest BCUT2D eigenvalue weighted by molar-refractivity contribution is 5.93. The topological polar surface area (TPSA) is 70.6 Å². The van der Waals surface area contributed by atoms with Gasteiger partial charge in [0.2, 0.25) is 0 Å². The van der Waals surface area contributed by atoms with Crippen LogP contribution in [0.3, 0.4) is 0 Å². The Morgan fingerprint density at radius 3 is 2.70 bits per heavy atom. The molecule has 0 saturated carbocycles. The van der Waals surface area contributed by atoms with Gasteiger partial charge in [-0.2, -0.15) is 0 Å². The van der Waals surface area contributed by atoms with E-state index in [9.17, 15) is 4.79 Å². The van der Waals surface area contributed by atoms with Crippen molar-refractivity contribution in [2.45, 2.75) is 6.92 Å². The van der Waals surface area contributed by atoms with Gasteiger partial charge in [-0.3, -0.25) is 4.79 Å². The number of methoxy groups -OCH3 is 1. The molecule has 0 bridgehead atoms. The minimum Gasteiger partial charge on any atom is -0.495 e. The third kappa shape index (κ3) is 4.36. The molecule has 1 fully saturated rings. The molecule has 27 heavy (non-hydrogen) atoms. The van der Waals surface area contributed by atoms with Crippen molar-refractivity contribution in [1.82, 2.24) is 14.9 Å². The van der Waals surface area contributed by atoms with E-state index < -0.39 is 0 Å². The molecule has 7 nitrogen and oxygen atoms in total. The molecule has 0 unspecified atom stereocenters. The molecule has 2 heterocycles. The summed E-state index contributed by atoms with van der Waals surface area (Å²) in [6, 6.07) is 9.65. The predicted molar refractivity (Wildman–Crippen MR) is 107 cm³/mol. The lowest BCUT2D eigenvalue weighted by Crippen LogP contribution is -2.49. The molecule has 1 aromatic carbocycles. The van der Waals surface area contributed by atoms with Crippen LogP contribution in [-0.2, 0) is 0 Å². The fraction of sp³-hybridized carbons (Fsp3) is 0.350. The lowest BCUT2D eigenvalue weighted by atomic mass is 10.2. The highest BCUT2D eigenvalue weighted by atomic mass is 16.5. The maximum Gasteiger partial charge on any atom is 0.272 e. The van der Waals surface area contributed by atoms with Crippen LogP contribution < -0.4 is 15.0 Å². The Balaban J connectivity index is 1.68. The molecule has 1 aliphatic heterocycles. The molecule has 1 saturated heterocycles. The fourth-order valence-electron chi connectivity index (χ4n) is 3.15. The number of rotatable bonds is 6. The van der Waals surface area contributed by atoms with Crippen LogP contribution in [0.2, 0.25) is 0 Å². The Morgan fingerprint density at radius 1 is 1.26 bits per heavy atom. The van der Waals surface area contributed by atoms with Gasteiger partial charge in [0.05, 0.1) is 12.8 Å². The number of anilines is 2. The number of carbonyl (C=O) groups excluding carboxylic acids is 1. The summed E-state index contributed by atoms with van der Waals surface area (Å²) >= 11 is 0. The summed E-state index contributed by atoms with van der Waals surface area (Å²) in [5.41, 5.74) is 1.47. The summed E-state index contributed by atoms with van der Waals surface area (Å²) in [6.45, 7) is 8.82. The molecular weight excluding hydrogens is 342 g/mol. The third-order valence-corrected chi connectivity index (χ3v) is 4.48. The lowest BCUT2D eigenvalue weighted by molar-refractivity contribution is 0.0740. The third-order valence-electron chi connectivity index (χ3n) is 4.48. The number of aryl methyl sites for hydroxylation is 1. The van der Waals surface area contributed by atoms with Gasteiger partial charge in [-0.1, -0.05) is 18.2 Å². The van der Waals surface area contributed by atoms with Crippen molar-refractivity contribution in [3.05, 3.63) is 54.5 Å². The molecule has 142 valence electrons. The minimum absolute atomic E-state index is 0.0678. The van der Waals surface area contributed by atoms with Gasteiger partial charge in [-0.05, 0) is 19.1 Å². The molecule has 7 heteroatoms. The van der Waals surface area contributed by atoms with Crippen LogP contribution in [0.15, 0.2) is 43.0 Å². The summed E-state index contributed by atoms with van der Waals surface area (Å²) in [5.74, 6) is 1.99. The van der Waals surface area contributed by atoms with E-state index in [2.05, 4.69) is 26.8 Å². The highest BCUT2D eigenvalue weighted by Crippen LogP contribution is 2.28. The number of carbonyl (C=O) groups is 1. The molecule has 0 atom stereocenters. The number of piperazine rings is 1. The zero-order chi connectivity index (χ0) is 19.2. The van der Waals surface area contributed by atoms with Crippen molar-refractivity contribution in [3.63, 3.8) is 0 Å². The van der Waals surface area contributed by atoms with E-state index in [4.69, 9.17) is 4.74 Å². The van der Waals surface area contributed by atoms with Crippen LogP contribution in [0.4, 0.5) is 11.5 Å². The lowest BCUT2D eigenvalue weighted by Gasteiger charge is -2.36. The van der Waals surface area contributed by atoms with E-state index >= 15 is 0 Å². The van der Waals surface area contributed by atoms with Crippen LogP contribution in [-0.4, -0.2) is 60.6 Å². The van der Waals surface area contributed by atoms with Gasteiger partial charge in [0.1, 0.15) is 23.1 Å². The van der Waals surface area contributed by atoms with E-state index in [1.165, 1.54) is 0 Å². The first-order valence-electron chi connectivity index (χ1n) is 9.00. The first-order valence-corrected chi connectivity index (χ1v) is 9.00. The largest absolute Gasteiger partial charge is 0.495 e. The van der Waals surface area contributed by atoms with Crippen molar-refractivity contribution >= 4 is 17.4 Å². The maximum atomic E-state index is 12.9. The standard InChI is InChI=1S/C20H25N5O2/c1-4-9-21-19-14-16(22-15(2)23-19)20(26)25-12-10-24(11-13-25)17-7-5-6-8-18(17)27-3/h4-8,14H,1,9-13H2,2-3H3,(H,21,22,23). The first kappa shape index (κ1) is 18.7. The second-order valence-corrected chi connectivity index (χ2v) is 6.31. The Morgan fingerprint density at radius 2 is 2.00 bits per heavy atom. The minimum atomic E-state index is -0.0678. The van der Waals surface area contributed by atoms with Crippen LogP contribution in [0.1, 0.15) is 16.3 Å². The van der Waals surface area contributed by atoms with Crippen molar-refractivity contribution < 1.29 is 9.53 Å². The number of para-hydroxylation sites is 2. The van der Waals surface area contributed by atoms with E-state index in [1.54, 1.807) is 26.2 Å². The molecule has 1 N–H and O–H groups in total. The van der Waals surface area contributed by atoms with E-state index in [0.29, 0.717) is 37.0 Å². The van der Waals surface area contributed by atoms with E-state index in [0.717, 1.165) is 24.5 Å². The molecule has 3 rings (SSSR count). The summed E-state index contributed by atoms with van der Waals surface area (Å²) in [5, 5.41) is 3.11. The quantitative estimate of drug-likeness (QED) is 0.791. The smallest absolute Gasteiger partial charge is 0.272 e. The van der Waals surface area contributed by atoms with Gasteiger partial charge < -0.3 is 19.9 Å². The molecule has 0 spiro atoms.